The van der Waals surface area contributed by atoms with E-state index in [9.17, 15) is 9.59 Å². The molecule has 0 amide bonds. The highest BCUT2D eigenvalue weighted by atomic mass is 79.9. The molecule has 4 nitrogen and oxygen atoms in total. The standard InChI is InChI=1S/C12H13BrO4S/c1-8(14)18-7-9(12(15)16)6-17-11-4-2-10(13)3-5-11/h2-5,9H,6-7H2,1H3,(H,15,16). The molecule has 98 valence electrons. The highest BCUT2D eigenvalue weighted by molar-refractivity contribution is 9.10. The third kappa shape index (κ3) is 5.55. The Morgan fingerprint density at radius 1 is 1.39 bits per heavy atom. The molecule has 0 bridgehead atoms. The maximum Gasteiger partial charge on any atom is 0.310 e. The Morgan fingerprint density at radius 3 is 2.50 bits per heavy atom. The lowest BCUT2D eigenvalue weighted by Gasteiger charge is -2.12. The third-order valence-corrected chi connectivity index (χ3v) is 3.61. The van der Waals surface area contributed by atoms with E-state index in [0.717, 1.165) is 16.2 Å². The van der Waals surface area contributed by atoms with Gasteiger partial charge in [-0.2, -0.15) is 0 Å². The van der Waals surface area contributed by atoms with Gasteiger partial charge in [-0.25, -0.2) is 0 Å². The van der Waals surface area contributed by atoms with Crippen molar-refractivity contribution < 1.29 is 19.4 Å². The van der Waals surface area contributed by atoms with Crippen LogP contribution in [0.15, 0.2) is 28.7 Å². The second-order valence-electron chi connectivity index (χ2n) is 3.60. The molecule has 1 aromatic carbocycles. The Bertz CT molecular complexity index is 419. The van der Waals surface area contributed by atoms with Gasteiger partial charge in [0.15, 0.2) is 5.12 Å². The summed E-state index contributed by atoms with van der Waals surface area (Å²) in [5.74, 6) is -0.818. The lowest BCUT2D eigenvalue weighted by molar-refractivity contribution is -0.141. The zero-order valence-electron chi connectivity index (χ0n) is 9.76. The Labute approximate surface area is 118 Å². The van der Waals surface area contributed by atoms with E-state index < -0.39 is 11.9 Å². The molecule has 0 saturated carbocycles. The van der Waals surface area contributed by atoms with Gasteiger partial charge in [-0.3, -0.25) is 9.59 Å². The van der Waals surface area contributed by atoms with Gasteiger partial charge >= 0.3 is 5.97 Å². The highest BCUT2D eigenvalue weighted by Crippen LogP contribution is 2.18. The van der Waals surface area contributed by atoms with Crippen LogP contribution in [-0.4, -0.2) is 28.6 Å². The van der Waals surface area contributed by atoms with Crippen LogP contribution in [-0.2, 0) is 9.59 Å². The van der Waals surface area contributed by atoms with Crippen molar-refractivity contribution in [2.75, 3.05) is 12.4 Å². The molecule has 0 fully saturated rings. The predicted octanol–water partition coefficient (Wildman–Crippen LogP) is 2.81. The number of halogens is 1. The van der Waals surface area contributed by atoms with Crippen molar-refractivity contribution in [3.63, 3.8) is 0 Å². The van der Waals surface area contributed by atoms with E-state index in [4.69, 9.17) is 9.84 Å². The van der Waals surface area contributed by atoms with Crippen LogP contribution in [0.3, 0.4) is 0 Å². The highest BCUT2D eigenvalue weighted by Gasteiger charge is 2.19. The SMILES string of the molecule is CC(=O)SCC(COc1ccc(Br)cc1)C(=O)O. The normalized spacial score (nSPS) is 11.9. The van der Waals surface area contributed by atoms with Gasteiger partial charge in [-0.1, -0.05) is 27.7 Å². The first-order valence-electron chi connectivity index (χ1n) is 5.23. The van der Waals surface area contributed by atoms with Crippen LogP contribution in [0.4, 0.5) is 0 Å². The Hall–Kier alpha value is -1.01. The number of benzene rings is 1. The molecule has 18 heavy (non-hydrogen) atoms. The summed E-state index contributed by atoms with van der Waals surface area (Å²) in [4.78, 5) is 21.8. The van der Waals surface area contributed by atoms with Gasteiger partial charge in [0.1, 0.15) is 18.3 Å². The fourth-order valence-electron chi connectivity index (χ4n) is 1.14. The molecule has 0 heterocycles. The minimum atomic E-state index is -0.958. The first kappa shape index (κ1) is 15.0. The number of carbonyl (C=O) groups is 2. The minimum Gasteiger partial charge on any atom is -0.493 e. The van der Waals surface area contributed by atoms with Crippen molar-refractivity contribution in [3.05, 3.63) is 28.7 Å². The average Bonchev–Trinajstić information content (AvgIpc) is 2.30. The molecule has 0 aliphatic carbocycles. The molecule has 1 rings (SSSR count). The van der Waals surface area contributed by atoms with E-state index in [2.05, 4.69) is 15.9 Å². The Morgan fingerprint density at radius 2 is 2.00 bits per heavy atom. The van der Waals surface area contributed by atoms with E-state index in [1.54, 1.807) is 12.1 Å². The maximum atomic E-state index is 11.0. The molecule has 1 unspecified atom stereocenters. The van der Waals surface area contributed by atoms with Crippen LogP contribution >= 0.6 is 27.7 Å². The van der Waals surface area contributed by atoms with E-state index >= 15 is 0 Å². The van der Waals surface area contributed by atoms with Crippen molar-refractivity contribution in [1.29, 1.82) is 0 Å². The fourth-order valence-corrected chi connectivity index (χ4v) is 2.08. The molecule has 0 radical (unpaired) electrons. The predicted molar refractivity (Wildman–Crippen MR) is 73.9 cm³/mol. The summed E-state index contributed by atoms with van der Waals surface area (Å²) in [6.45, 7) is 1.47. The molecule has 0 aliphatic heterocycles. The number of rotatable bonds is 6. The zero-order valence-corrected chi connectivity index (χ0v) is 12.2. The molecule has 1 aromatic rings. The van der Waals surface area contributed by atoms with E-state index in [1.807, 2.05) is 12.1 Å². The van der Waals surface area contributed by atoms with Crippen LogP contribution in [0, 0.1) is 5.92 Å². The van der Waals surface area contributed by atoms with Gasteiger partial charge in [0.25, 0.3) is 0 Å². The van der Waals surface area contributed by atoms with Gasteiger partial charge in [0, 0.05) is 17.1 Å². The topological polar surface area (TPSA) is 63.6 Å². The lowest BCUT2D eigenvalue weighted by atomic mass is 10.2. The van der Waals surface area contributed by atoms with Crippen molar-refractivity contribution in [1.82, 2.24) is 0 Å². The Kier molecular flexibility index (Phi) is 6.21. The van der Waals surface area contributed by atoms with Crippen LogP contribution in [0.25, 0.3) is 0 Å². The monoisotopic (exact) mass is 332 g/mol. The lowest BCUT2D eigenvalue weighted by Crippen LogP contribution is -2.24. The smallest absolute Gasteiger partial charge is 0.310 e. The van der Waals surface area contributed by atoms with Crippen LogP contribution < -0.4 is 4.74 Å². The average molecular weight is 333 g/mol. The van der Waals surface area contributed by atoms with Gasteiger partial charge in [0.2, 0.25) is 0 Å². The number of aliphatic carboxylic acids is 1. The Balaban J connectivity index is 2.49. The molecule has 0 spiro atoms. The number of ether oxygens (including phenoxy) is 1. The molecule has 0 saturated heterocycles. The number of thioether (sulfide) groups is 1. The van der Waals surface area contributed by atoms with E-state index in [0.29, 0.717) is 5.75 Å². The van der Waals surface area contributed by atoms with Crippen molar-refractivity contribution in [3.8, 4) is 5.75 Å². The van der Waals surface area contributed by atoms with Crippen molar-refractivity contribution in [2.45, 2.75) is 6.92 Å². The summed E-state index contributed by atoms with van der Waals surface area (Å²) in [6, 6.07) is 7.13. The summed E-state index contributed by atoms with van der Waals surface area (Å²) in [7, 11) is 0. The van der Waals surface area contributed by atoms with Crippen molar-refractivity contribution >= 4 is 38.8 Å². The second-order valence-corrected chi connectivity index (χ2v) is 5.72. The third-order valence-electron chi connectivity index (χ3n) is 2.10. The number of carboxylic acids is 1. The van der Waals surface area contributed by atoms with Gasteiger partial charge < -0.3 is 9.84 Å². The molecular formula is C12H13BrO4S. The summed E-state index contributed by atoms with van der Waals surface area (Å²) >= 11 is 4.30. The van der Waals surface area contributed by atoms with E-state index in [-0.39, 0.29) is 17.5 Å². The quantitative estimate of drug-likeness (QED) is 0.867. The molecule has 0 aromatic heterocycles. The number of carboxylic acid groups (broad SMARTS) is 1. The molecule has 0 aliphatic rings. The van der Waals surface area contributed by atoms with Crippen LogP contribution in [0.2, 0.25) is 0 Å². The molecular weight excluding hydrogens is 320 g/mol. The summed E-state index contributed by atoms with van der Waals surface area (Å²) in [5, 5.41) is 8.90. The summed E-state index contributed by atoms with van der Waals surface area (Å²) in [6.07, 6.45) is 0. The summed E-state index contributed by atoms with van der Waals surface area (Å²) in [5.41, 5.74) is 0. The first-order chi connectivity index (χ1) is 8.49. The number of hydrogen-bond acceptors (Lipinski definition) is 4. The van der Waals surface area contributed by atoms with Gasteiger partial charge in [0.05, 0.1) is 0 Å². The fraction of sp³-hybridized carbons (Fsp3) is 0.333. The largest absolute Gasteiger partial charge is 0.493 e. The number of hydrogen-bond donors (Lipinski definition) is 1. The molecule has 1 atom stereocenters. The minimum absolute atomic E-state index is 0.0528. The first-order valence-corrected chi connectivity index (χ1v) is 7.01. The van der Waals surface area contributed by atoms with Crippen LogP contribution in [0.5, 0.6) is 5.75 Å². The zero-order chi connectivity index (χ0) is 13.5. The van der Waals surface area contributed by atoms with E-state index in [1.165, 1.54) is 6.92 Å². The molecule has 6 heteroatoms. The van der Waals surface area contributed by atoms with Gasteiger partial charge in [-0.05, 0) is 24.3 Å². The molecule has 1 N–H and O–H groups in total. The summed E-state index contributed by atoms with van der Waals surface area (Å²) < 4.78 is 6.32. The van der Waals surface area contributed by atoms with Crippen LogP contribution in [0.1, 0.15) is 6.92 Å². The van der Waals surface area contributed by atoms with Gasteiger partial charge in [-0.15, -0.1) is 0 Å². The second kappa shape index (κ2) is 7.43. The number of carbonyl (C=O) groups excluding carboxylic acids is 1. The maximum absolute atomic E-state index is 11.0. The van der Waals surface area contributed by atoms with Crippen molar-refractivity contribution in [2.24, 2.45) is 5.92 Å².